The molecule has 0 saturated carbocycles. The van der Waals surface area contributed by atoms with E-state index in [9.17, 15) is 22.8 Å². The molecular weight excluding hydrogens is 301 g/mol. The van der Waals surface area contributed by atoms with Crippen molar-refractivity contribution in [1.82, 2.24) is 0 Å². The summed E-state index contributed by atoms with van der Waals surface area (Å²) >= 11 is 0. The first-order chi connectivity index (χ1) is 10.2. The van der Waals surface area contributed by atoms with Crippen LogP contribution in [0.5, 0.6) is 0 Å². The Morgan fingerprint density at radius 2 is 1.45 bits per heavy atom. The number of alkyl halides is 3. The second-order valence-corrected chi connectivity index (χ2v) is 5.00. The lowest BCUT2D eigenvalue weighted by Crippen LogP contribution is -2.25. The number of hydrogen-bond donors (Lipinski definition) is 0. The van der Waals surface area contributed by atoms with E-state index in [2.05, 4.69) is 0 Å². The van der Waals surface area contributed by atoms with Crippen LogP contribution in [-0.4, -0.2) is 32.0 Å². The van der Waals surface area contributed by atoms with Crippen molar-refractivity contribution in [2.45, 2.75) is 45.2 Å². The fourth-order valence-corrected chi connectivity index (χ4v) is 2.30. The highest BCUT2D eigenvalue weighted by molar-refractivity contribution is 6.23. The molecule has 4 nitrogen and oxygen atoms in total. The molecule has 1 rings (SSSR count). The molecule has 124 valence electrons. The SMILES string of the molecule is COC1=C(OC)C(=O)C(CCCCCC(F)(F)F)=C(C)C1=O. The van der Waals surface area contributed by atoms with Crippen molar-refractivity contribution in [3.63, 3.8) is 0 Å². The van der Waals surface area contributed by atoms with Gasteiger partial charge < -0.3 is 9.47 Å². The number of hydrogen-bond acceptors (Lipinski definition) is 4. The number of ether oxygens (including phenoxy) is 2. The molecule has 0 aromatic carbocycles. The molecule has 0 aromatic rings. The summed E-state index contributed by atoms with van der Waals surface area (Å²) in [5.74, 6) is -1.15. The van der Waals surface area contributed by atoms with Crippen LogP contribution in [-0.2, 0) is 19.1 Å². The molecular formula is C15H19F3O4. The molecule has 0 heterocycles. The van der Waals surface area contributed by atoms with Crippen LogP contribution in [0.3, 0.4) is 0 Å². The average molecular weight is 320 g/mol. The van der Waals surface area contributed by atoms with E-state index in [1.807, 2.05) is 0 Å². The Hall–Kier alpha value is -1.79. The third-order valence-electron chi connectivity index (χ3n) is 3.48. The minimum Gasteiger partial charge on any atom is -0.489 e. The van der Waals surface area contributed by atoms with Crippen LogP contribution in [0.15, 0.2) is 22.7 Å². The van der Waals surface area contributed by atoms with Crippen molar-refractivity contribution < 1.29 is 32.2 Å². The number of carbonyl (C=O) groups is 2. The van der Waals surface area contributed by atoms with E-state index >= 15 is 0 Å². The first kappa shape index (κ1) is 18.3. The van der Waals surface area contributed by atoms with Gasteiger partial charge in [-0.1, -0.05) is 6.42 Å². The van der Waals surface area contributed by atoms with Gasteiger partial charge in [0.15, 0.2) is 0 Å². The molecule has 0 spiro atoms. The first-order valence-corrected chi connectivity index (χ1v) is 6.91. The minimum absolute atomic E-state index is 0.00819. The maximum Gasteiger partial charge on any atom is 0.389 e. The fourth-order valence-electron chi connectivity index (χ4n) is 2.30. The molecule has 0 unspecified atom stereocenters. The Kier molecular flexibility index (Phi) is 6.20. The highest BCUT2D eigenvalue weighted by atomic mass is 19.4. The number of rotatable bonds is 7. The molecule has 0 saturated heterocycles. The third kappa shape index (κ3) is 4.35. The van der Waals surface area contributed by atoms with Crippen molar-refractivity contribution in [3.8, 4) is 0 Å². The number of halogens is 3. The van der Waals surface area contributed by atoms with Crippen molar-refractivity contribution in [1.29, 1.82) is 0 Å². The number of allylic oxidation sites excluding steroid dienone is 2. The fraction of sp³-hybridized carbons (Fsp3) is 0.600. The van der Waals surface area contributed by atoms with Gasteiger partial charge in [0.05, 0.1) is 14.2 Å². The lowest BCUT2D eigenvalue weighted by Gasteiger charge is -2.20. The number of Topliss-reactive ketones (excluding diaryl/α,β-unsaturated/α-hetero) is 2. The van der Waals surface area contributed by atoms with Gasteiger partial charge in [-0.3, -0.25) is 9.59 Å². The first-order valence-electron chi connectivity index (χ1n) is 6.91. The van der Waals surface area contributed by atoms with E-state index in [1.165, 1.54) is 21.1 Å². The summed E-state index contributed by atoms with van der Waals surface area (Å²) in [5, 5.41) is 0. The summed E-state index contributed by atoms with van der Waals surface area (Å²) in [4.78, 5) is 24.3. The van der Waals surface area contributed by atoms with Crippen molar-refractivity contribution >= 4 is 11.6 Å². The van der Waals surface area contributed by atoms with Gasteiger partial charge in [0.1, 0.15) is 0 Å². The number of methoxy groups -OCH3 is 2. The molecule has 22 heavy (non-hydrogen) atoms. The van der Waals surface area contributed by atoms with Gasteiger partial charge in [0, 0.05) is 17.6 Å². The third-order valence-corrected chi connectivity index (χ3v) is 3.48. The van der Waals surface area contributed by atoms with Gasteiger partial charge in [-0.25, -0.2) is 0 Å². The summed E-state index contributed by atoms with van der Waals surface area (Å²) in [6.07, 6.45) is -4.01. The van der Waals surface area contributed by atoms with Crippen molar-refractivity contribution in [3.05, 3.63) is 22.7 Å². The van der Waals surface area contributed by atoms with Crippen LogP contribution in [0.4, 0.5) is 13.2 Å². The van der Waals surface area contributed by atoms with Crippen molar-refractivity contribution in [2.75, 3.05) is 14.2 Å². The zero-order valence-electron chi connectivity index (χ0n) is 12.8. The predicted molar refractivity (Wildman–Crippen MR) is 72.9 cm³/mol. The minimum atomic E-state index is -4.16. The molecule has 1 aliphatic rings. The maximum atomic E-state index is 12.3. The van der Waals surface area contributed by atoms with Crippen LogP contribution >= 0.6 is 0 Å². The Morgan fingerprint density at radius 3 is 1.95 bits per heavy atom. The van der Waals surface area contributed by atoms with Gasteiger partial charge in [0.2, 0.25) is 23.1 Å². The van der Waals surface area contributed by atoms with Gasteiger partial charge in [-0.15, -0.1) is 0 Å². The van der Waals surface area contributed by atoms with E-state index in [1.54, 1.807) is 0 Å². The standard InChI is InChI=1S/C15H19F3O4/c1-9-10(7-5-4-6-8-15(16,17)18)12(20)14(22-3)13(21-2)11(9)19/h4-8H2,1-3H3. The second kappa shape index (κ2) is 7.47. The molecule has 0 aromatic heterocycles. The highest BCUT2D eigenvalue weighted by Crippen LogP contribution is 2.29. The molecule has 0 N–H and O–H groups in total. The Labute approximate surface area is 127 Å². The van der Waals surface area contributed by atoms with Crippen LogP contribution in [0.25, 0.3) is 0 Å². The van der Waals surface area contributed by atoms with E-state index in [-0.39, 0.29) is 35.5 Å². The Balaban J connectivity index is 2.69. The molecule has 0 radical (unpaired) electrons. The molecule has 0 amide bonds. The predicted octanol–water partition coefficient (Wildman–Crippen LogP) is 3.47. The Bertz CT molecular complexity index is 515. The molecule has 1 aliphatic carbocycles. The number of ketones is 2. The highest BCUT2D eigenvalue weighted by Gasteiger charge is 2.34. The summed E-state index contributed by atoms with van der Waals surface area (Å²) < 4.78 is 46.0. The van der Waals surface area contributed by atoms with Crippen LogP contribution < -0.4 is 0 Å². The van der Waals surface area contributed by atoms with E-state index in [0.717, 1.165) is 0 Å². The Morgan fingerprint density at radius 1 is 0.909 bits per heavy atom. The molecule has 0 bridgehead atoms. The van der Waals surface area contributed by atoms with Gasteiger partial charge in [-0.2, -0.15) is 13.2 Å². The van der Waals surface area contributed by atoms with E-state index in [4.69, 9.17) is 9.47 Å². The normalized spacial score (nSPS) is 16.5. The van der Waals surface area contributed by atoms with Gasteiger partial charge in [0.25, 0.3) is 0 Å². The smallest absolute Gasteiger partial charge is 0.389 e. The van der Waals surface area contributed by atoms with Gasteiger partial charge >= 0.3 is 6.18 Å². The monoisotopic (exact) mass is 320 g/mol. The topological polar surface area (TPSA) is 52.6 Å². The average Bonchev–Trinajstić information content (AvgIpc) is 2.44. The van der Waals surface area contributed by atoms with E-state index in [0.29, 0.717) is 12.8 Å². The zero-order chi connectivity index (χ0) is 16.9. The molecule has 0 fully saturated rings. The number of carbonyl (C=O) groups excluding carboxylic acids is 2. The van der Waals surface area contributed by atoms with Crippen LogP contribution in [0, 0.1) is 0 Å². The van der Waals surface area contributed by atoms with Crippen LogP contribution in [0.2, 0.25) is 0 Å². The number of unbranched alkanes of at least 4 members (excludes halogenated alkanes) is 2. The summed E-state index contributed by atoms with van der Waals surface area (Å²) in [7, 11) is 2.54. The molecule has 0 aliphatic heterocycles. The van der Waals surface area contributed by atoms with Crippen molar-refractivity contribution in [2.24, 2.45) is 0 Å². The molecule has 0 atom stereocenters. The van der Waals surface area contributed by atoms with Crippen LogP contribution in [0.1, 0.15) is 39.0 Å². The molecule has 7 heteroatoms. The summed E-state index contributed by atoms with van der Waals surface area (Å²) in [6.45, 7) is 1.51. The lowest BCUT2D eigenvalue weighted by molar-refractivity contribution is -0.135. The second-order valence-electron chi connectivity index (χ2n) is 5.00. The lowest BCUT2D eigenvalue weighted by atomic mass is 9.89. The zero-order valence-corrected chi connectivity index (χ0v) is 12.8. The largest absolute Gasteiger partial charge is 0.489 e. The van der Waals surface area contributed by atoms with Gasteiger partial charge in [-0.05, 0) is 26.2 Å². The van der Waals surface area contributed by atoms with E-state index < -0.39 is 24.2 Å². The maximum absolute atomic E-state index is 12.3. The summed E-state index contributed by atoms with van der Waals surface area (Å²) in [5.41, 5.74) is 0.549. The quantitative estimate of drug-likeness (QED) is 0.532. The summed E-state index contributed by atoms with van der Waals surface area (Å²) in [6, 6.07) is 0.